The highest BCUT2D eigenvalue weighted by atomic mass is 16.1. The zero-order chi connectivity index (χ0) is 16.9. The minimum absolute atomic E-state index is 0.170. The number of carbonyl (C=O) groups is 1. The van der Waals surface area contributed by atoms with Crippen LogP contribution in [-0.2, 0) is 11.3 Å². The van der Waals surface area contributed by atoms with E-state index in [0.717, 1.165) is 36.5 Å². The second-order valence-electron chi connectivity index (χ2n) is 6.92. The molecule has 3 rings (SSSR count). The van der Waals surface area contributed by atoms with Gasteiger partial charge in [-0.2, -0.15) is 0 Å². The Labute approximate surface area is 143 Å². The molecule has 5 heteroatoms. The van der Waals surface area contributed by atoms with Crippen molar-refractivity contribution in [1.29, 1.82) is 0 Å². The summed E-state index contributed by atoms with van der Waals surface area (Å²) < 4.78 is 2.17. The molecule has 24 heavy (non-hydrogen) atoms. The highest BCUT2D eigenvalue weighted by Gasteiger charge is 2.21. The highest BCUT2D eigenvalue weighted by molar-refractivity contribution is 5.77. The minimum atomic E-state index is 0.170. The van der Waals surface area contributed by atoms with Crippen molar-refractivity contribution < 1.29 is 4.79 Å². The first kappa shape index (κ1) is 17.0. The van der Waals surface area contributed by atoms with E-state index >= 15 is 0 Å². The van der Waals surface area contributed by atoms with Crippen LogP contribution in [0.5, 0.6) is 0 Å². The molecule has 1 atom stereocenters. The van der Waals surface area contributed by atoms with E-state index in [-0.39, 0.29) is 5.91 Å². The van der Waals surface area contributed by atoms with Crippen LogP contribution in [0.15, 0.2) is 24.3 Å². The van der Waals surface area contributed by atoms with Crippen molar-refractivity contribution in [2.45, 2.75) is 39.7 Å². The second-order valence-corrected chi connectivity index (χ2v) is 6.92. The number of piperidine rings is 1. The lowest BCUT2D eigenvalue weighted by molar-refractivity contribution is -0.122. The zero-order valence-corrected chi connectivity index (χ0v) is 14.7. The number of carbonyl (C=O) groups excluding carboxylic acids is 1. The summed E-state index contributed by atoms with van der Waals surface area (Å²) in [6, 6.07) is 8.14. The van der Waals surface area contributed by atoms with Crippen LogP contribution in [0, 0.1) is 18.8 Å². The van der Waals surface area contributed by atoms with E-state index < -0.39 is 0 Å². The second kappa shape index (κ2) is 7.79. The number of hydrogen-bond donors (Lipinski definition) is 2. The van der Waals surface area contributed by atoms with Crippen molar-refractivity contribution in [3.63, 3.8) is 0 Å². The lowest BCUT2D eigenvalue weighted by Crippen LogP contribution is -2.34. The number of aromatic nitrogens is 2. The predicted octanol–water partition coefficient (Wildman–Crippen LogP) is 2.49. The van der Waals surface area contributed by atoms with Gasteiger partial charge in [0.25, 0.3) is 0 Å². The molecule has 2 N–H and O–H groups in total. The quantitative estimate of drug-likeness (QED) is 0.856. The molecule has 0 bridgehead atoms. The summed E-state index contributed by atoms with van der Waals surface area (Å²) in [6.07, 6.45) is 3.01. The fourth-order valence-corrected chi connectivity index (χ4v) is 3.73. The lowest BCUT2D eigenvalue weighted by Gasteiger charge is -2.27. The molecule has 0 radical (unpaired) electrons. The van der Waals surface area contributed by atoms with Crippen LogP contribution in [0.25, 0.3) is 11.0 Å². The number of imidazole rings is 1. The Morgan fingerprint density at radius 3 is 2.92 bits per heavy atom. The molecule has 1 aliphatic heterocycles. The summed E-state index contributed by atoms with van der Waals surface area (Å²) in [4.78, 5) is 16.8. The van der Waals surface area contributed by atoms with Crippen LogP contribution in [-0.4, -0.2) is 35.1 Å². The van der Waals surface area contributed by atoms with E-state index in [2.05, 4.69) is 33.2 Å². The van der Waals surface area contributed by atoms with Gasteiger partial charge in [0.1, 0.15) is 5.82 Å². The number of benzene rings is 1. The predicted molar refractivity (Wildman–Crippen MR) is 96.9 cm³/mol. The molecular weight excluding hydrogens is 300 g/mol. The van der Waals surface area contributed by atoms with Crippen molar-refractivity contribution >= 4 is 16.9 Å². The molecule has 1 fully saturated rings. The summed E-state index contributed by atoms with van der Waals surface area (Å²) in [5.41, 5.74) is 2.15. The van der Waals surface area contributed by atoms with E-state index in [1.54, 1.807) is 0 Å². The number of rotatable bonds is 6. The average Bonchev–Trinajstić information content (AvgIpc) is 2.91. The first-order valence-electron chi connectivity index (χ1n) is 9.04. The van der Waals surface area contributed by atoms with Gasteiger partial charge in [-0.25, -0.2) is 4.98 Å². The lowest BCUT2D eigenvalue weighted by atomic mass is 9.84. The molecule has 1 aromatic carbocycles. The summed E-state index contributed by atoms with van der Waals surface area (Å²) in [5, 5.41) is 6.46. The van der Waals surface area contributed by atoms with Crippen LogP contribution in [0.1, 0.15) is 32.0 Å². The van der Waals surface area contributed by atoms with Gasteiger partial charge < -0.3 is 15.2 Å². The molecule has 2 aromatic rings. The fraction of sp³-hybridized carbons (Fsp3) is 0.579. The number of nitrogens with zero attached hydrogens (tertiary/aromatic N) is 2. The molecule has 130 valence electrons. The first-order chi connectivity index (χ1) is 11.6. The smallest absolute Gasteiger partial charge is 0.220 e. The summed E-state index contributed by atoms with van der Waals surface area (Å²) in [5.74, 6) is 2.30. The van der Waals surface area contributed by atoms with Crippen LogP contribution in [0.3, 0.4) is 0 Å². The van der Waals surface area contributed by atoms with E-state index in [9.17, 15) is 4.79 Å². The summed E-state index contributed by atoms with van der Waals surface area (Å²) >= 11 is 0. The molecule has 1 saturated heterocycles. The van der Waals surface area contributed by atoms with Crippen LogP contribution < -0.4 is 10.6 Å². The molecule has 5 nitrogen and oxygen atoms in total. The Hall–Kier alpha value is -1.88. The Balaban J connectivity index is 1.48. The van der Waals surface area contributed by atoms with E-state index in [4.69, 9.17) is 0 Å². The number of fused-ring (bicyclic) bond motifs is 1. The third kappa shape index (κ3) is 3.96. The Morgan fingerprint density at radius 2 is 2.12 bits per heavy atom. The minimum Gasteiger partial charge on any atom is -0.354 e. The number of nitrogens with one attached hydrogen (secondary N) is 2. The third-order valence-corrected chi connectivity index (χ3v) is 5.20. The first-order valence-corrected chi connectivity index (χ1v) is 9.04. The van der Waals surface area contributed by atoms with Crippen LogP contribution in [0.2, 0.25) is 0 Å². The van der Waals surface area contributed by atoms with E-state index in [1.165, 1.54) is 12.8 Å². The van der Waals surface area contributed by atoms with Crippen molar-refractivity contribution in [3.8, 4) is 0 Å². The van der Waals surface area contributed by atoms with Crippen LogP contribution in [0.4, 0.5) is 0 Å². The maximum atomic E-state index is 12.2. The van der Waals surface area contributed by atoms with E-state index in [1.807, 2.05) is 25.1 Å². The number of aryl methyl sites for hydroxylation is 1. The molecule has 0 aliphatic carbocycles. The Morgan fingerprint density at radius 1 is 1.38 bits per heavy atom. The van der Waals surface area contributed by atoms with Gasteiger partial charge in [-0.3, -0.25) is 4.79 Å². The molecule has 0 spiro atoms. The molecule has 2 heterocycles. The number of hydrogen-bond acceptors (Lipinski definition) is 3. The van der Waals surface area contributed by atoms with Crippen LogP contribution >= 0.6 is 0 Å². The molecular formula is C19H28N4O. The van der Waals surface area contributed by atoms with Crippen molar-refractivity contribution in [1.82, 2.24) is 20.2 Å². The topological polar surface area (TPSA) is 59.0 Å². The van der Waals surface area contributed by atoms with Gasteiger partial charge >= 0.3 is 0 Å². The maximum Gasteiger partial charge on any atom is 0.220 e. The van der Waals surface area contributed by atoms with Gasteiger partial charge in [-0.1, -0.05) is 19.1 Å². The normalized spacial score (nSPS) is 17.1. The van der Waals surface area contributed by atoms with Crippen molar-refractivity contribution in [2.75, 3.05) is 19.6 Å². The molecule has 1 amide bonds. The largest absolute Gasteiger partial charge is 0.354 e. The van der Waals surface area contributed by atoms with Crippen molar-refractivity contribution in [3.05, 3.63) is 30.1 Å². The zero-order valence-electron chi connectivity index (χ0n) is 14.7. The van der Waals surface area contributed by atoms with Gasteiger partial charge in [0.2, 0.25) is 5.91 Å². The summed E-state index contributed by atoms with van der Waals surface area (Å²) in [7, 11) is 0. The van der Waals surface area contributed by atoms with Crippen molar-refractivity contribution in [2.24, 2.45) is 11.8 Å². The number of para-hydroxylation sites is 2. The fourth-order valence-electron chi connectivity index (χ4n) is 3.73. The highest BCUT2D eigenvalue weighted by Crippen LogP contribution is 2.24. The Bertz CT molecular complexity index is 688. The molecule has 1 unspecified atom stereocenters. The Kier molecular flexibility index (Phi) is 5.51. The molecule has 0 saturated carbocycles. The van der Waals surface area contributed by atoms with Gasteiger partial charge in [-0.15, -0.1) is 0 Å². The van der Waals surface area contributed by atoms with Gasteiger partial charge in [0.05, 0.1) is 11.0 Å². The van der Waals surface area contributed by atoms with Gasteiger partial charge in [0.15, 0.2) is 0 Å². The maximum absolute atomic E-state index is 12.2. The number of amides is 1. The summed E-state index contributed by atoms with van der Waals surface area (Å²) in [6.45, 7) is 7.82. The van der Waals surface area contributed by atoms with E-state index in [0.29, 0.717) is 24.8 Å². The monoisotopic (exact) mass is 328 g/mol. The average molecular weight is 328 g/mol. The van der Waals surface area contributed by atoms with Gasteiger partial charge in [-0.05, 0) is 56.8 Å². The van der Waals surface area contributed by atoms with Gasteiger partial charge in [0, 0.05) is 19.5 Å². The standard InChI is InChI=1S/C19H28N4O/c1-14(16-7-9-20-10-8-16)13-19(24)21-11-12-23-15(2)22-17-5-3-4-6-18(17)23/h3-6,14,16,20H,7-13H2,1-2H3,(H,21,24). The SMILES string of the molecule is Cc1nc2ccccc2n1CCNC(=O)CC(C)C1CCNCC1. The molecule has 1 aromatic heterocycles. The molecule has 1 aliphatic rings. The third-order valence-electron chi connectivity index (χ3n) is 5.20.